The molecule has 2 amide bonds. The molecule has 0 spiro atoms. The Bertz CT molecular complexity index is 711. The molecule has 0 aliphatic rings. The van der Waals surface area contributed by atoms with E-state index in [1.165, 1.54) is 0 Å². The number of benzene rings is 2. The number of nitrogens with zero attached hydrogens (tertiary/aromatic N) is 1. The van der Waals surface area contributed by atoms with Gasteiger partial charge < -0.3 is 10.2 Å². The quantitative estimate of drug-likeness (QED) is 0.801. The third kappa shape index (κ3) is 5.19. The van der Waals surface area contributed by atoms with Gasteiger partial charge in [0.2, 0.25) is 0 Å². The van der Waals surface area contributed by atoms with E-state index in [1.807, 2.05) is 88.4 Å². The van der Waals surface area contributed by atoms with Crippen molar-refractivity contribution >= 4 is 11.8 Å². The number of rotatable bonds is 6. The zero-order chi connectivity index (χ0) is 19.1. The maximum atomic E-state index is 12.8. The van der Waals surface area contributed by atoms with Crippen LogP contribution in [0.2, 0.25) is 0 Å². The lowest BCUT2D eigenvalue weighted by Gasteiger charge is -2.28. The molecule has 0 saturated heterocycles. The molecule has 0 aliphatic heterocycles. The Morgan fingerprint density at radius 2 is 1.42 bits per heavy atom. The number of nitrogens with one attached hydrogen (secondary N) is 1. The first-order valence-corrected chi connectivity index (χ1v) is 9.10. The highest BCUT2D eigenvalue weighted by Gasteiger charge is 2.27. The normalized spacial score (nSPS) is 12.1. The van der Waals surface area contributed by atoms with Crippen LogP contribution in [-0.2, 0) is 16.1 Å². The molecule has 4 nitrogen and oxygen atoms in total. The van der Waals surface area contributed by atoms with Gasteiger partial charge in [0, 0.05) is 12.6 Å². The Hall–Kier alpha value is -2.62. The van der Waals surface area contributed by atoms with Crippen LogP contribution in [0, 0.1) is 5.92 Å². The van der Waals surface area contributed by atoms with Crippen molar-refractivity contribution in [3.05, 3.63) is 71.8 Å². The third-order valence-electron chi connectivity index (χ3n) is 4.39. The third-order valence-corrected chi connectivity index (χ3v) is 4.39. The molecule has 0 heterocycles. The predicted octanol–water partition coefficient (Wildman–Crippen LogP) is 3.94. The highest BCUT2D eigenvalue weighted by Crippen LogP contribution is 2.21. The van der Waals surface area contributed by atoms with E-state index < -0.39 is 11.8 Å². The summed E-state index contributed by atoms with van der Waals surface area (Å²) in [7, 11) is 0. The van der Waals surface area contributed by atoms with Gasteiger partial charge in [-0.05, 0) is 30.9 Å². The lowest BCUT2D eigenvalue weighted by atomic mass is 9.96. The Morgan fingerprint density at radius 3 is 1.92 bits per heavy atom. The van der Waals surface area contributed by atoms with Crippen molar-refractivity contribution in [1.29, 1.82) is 0 Å². The van der Waals surface area contributed by atoms with Crippen LogP contribution >= 0.6 is 0 Å². The molecular weight excluding hydrogens is 324 g/mol. The first-order valence-electron chi connectivity index (χ1n) is 9.10. The number of amides is 2. The van der Waals surface area contributed by atoms with Crippen LogP contribution in [-0.4, -0.2) is 22.8 Å². The van der Waals surface area contributed by atoms with Crippen LogP contribution < -0.4 is 5.32 Å². The summed E-state index contributed by atoms with van der Waals surface area (Å²) in [6.07, 6.45) is 0. The van der Waals surface area contributed by atoms with Crippen molar-refractivity contribution in [3.63, 3.8) is 0 Å². The highest BCUT2D eigenvalue weighted by molar-refractivity contribution is 6.35. The number of carbonyl (C=O) groups excluding carboxylic acids is 2. The van der Waals surface area contributed by atoms with Crippen molar-refractivity contribution in [1.82, 2.24) is 10.2 Å². The molecule has 0 unspecified atom stereocenters. The van der Waals surface area contributed by atoms with E-state index in [-0.39, 0.29) is 18.0 Å². The molecule has 0 saturated carbocycles. The fraction of sp³-hybridized carbons (Fsp3) is 0.364. The van der Waals surface area contributed by atoms with Gasteiger partial charge in [0.1, 0.15) is 0 Å². The minimum absolute atomic E-state index is 0.0670. The summed E-state index contributed by atoms with van der Waals surface area (Å²) in [5.41, 5.74) is 2.01. The van der Waals surface area contributed by atoms with Crippen LogP contribution in [0.25, 0.3) is 0 Å². The first-order chi connectivity index (χ1) is 12.4. The number of carbonyl (C=O) groups is 2. The smallest absolute Gasteiger partial charge is 0.312 e. The lowest BCUT2D eigenvalue weighted by molar-refractivity contribution is -0.148. The zero-order valence-corrected chi connectivity index (χ0v) is 16.0. The van der Waals surface area contributed by atoms with E-state index in [1.54, 1.807) is 4.90 Å². The monoisotopic (exact) mass is 352 g/mol. The van der Waals surface area contributed by atoms with Crippen LogP contribution in [0.3, 0.4) is 0 Å². The largest absolute Gasteiger partial charge is 0.341 e. The Labute approximate surface area is 156 Å². The van der Waals surface area contributed by atoms with Gasteiger partial charge in [-0.2, -0.15) is 0 Å². The molecule has 1 N–H and O–H groups in total. The molecule has 0 aromatic heterocycles. The van der Waals surface area contributed by atoms with Crippen molar-refractivity contribution in [2.45, 2.75) is 46.3 Å². The molecule has 0 bridgehead atoms. The molecule has 138 valence electrons. The molecule has 0 fully saturated rings. The second-order valence-electron chi connectivity index (χ2n) is 7.12. The van der Waals surface area contributed by atoms with Gasteiger partial charge in [0.15, 0.2) is 0 Å². The molecular formula is C22H28N2O2. The topological polar surface area (TPSA) is 49.4 Å². The van der Waals surface area contributed by atoms with Crippen molar-refractivity contribution in [2.75, 3.05) is 0 Å². The van der Waals surface area contributed by atoms with Gasteiger partial charge >= 0.3 is 11.8 Å². The summed E-state index contributed by atoms with van der Waals surface area (Å²) < 4.78 is 0. The molecule has 0 radical (unpaired) electrons. The van der Waals surface area contributed by atoms with Gasteiger partial charge in [-0.3, -0.25) is 9.59 Å². The van der Waals surface area contributed by atoms with Gasteiger partial charge in [-0.1, -0.05) is 74.5 Å². The molecule has 2 rings (SSSR count). The van der Waals surface area contributed by atoms with Gasteiger partial charge in [0.05, 0.1) is 6.04 Å². The summed E-state index contributed by atoms with van der Waals surface area (Å²) in [4.78, 5) is 27.1. The van der Waals surface area contributed by atoms with E-state index in [0.29, 0.717) is 6.54 Å². The standard InChI is InChI=1S/C22H28N2O2/c1-16(2)20(19-13-9-6-10-14-19)23-21(25)22(26)24(17(3)4)15-18-11-7-5-8-12-18/h5-14,16-17,20H,15H2,1-4H3,(H,23,25)/t20-/m0/s1. The Morgan fingerprint density at radius 1 is 0.885 bits per heavy atom. The summed E-state index contributed by atoms with van der Waals surface area (Å²) in [6, 6.07) is 19.2. The van der Waals surface area contributed by atoms with Gasteiger partial charge in [-0.25, -0.2) is 0 Å². The average Bonchev–Trinajstić information content (AvgIpc) is 2.64. The molecule has 2 aromatic rings. The minimum atomic E-state index is -0.558. The fourth-order valence-electron chi connectivity index (χ4n) is 2.90. The molecule has 1 atom stereocenters. The van der Waals surface area contributed by atoms with E-state index in [4.69, 9.17) is 0 Å². The second kappa shape index (κ2) is 9.18. The predicted molar refractivity (Wildman–Crippen MR) is 104 cm³/mol. The highest BCUT2D eigenvalue weighted by atomic mass is 16.2. The van der Waals surface area contributed by atoms with Crippen molar-refractivity contribution < 1.29 is 9.59 Å². The number of hydrogen-bond donors (Lipinski definition) is 1. The maximum Gasteiger partial charge on any atom is 0.312 e. The van der Waals surface area contributed by atoms with Gasteiger partial charge in [0.25, 0.3) is 0 Å². The Balaban J connectivity index is 2.13. The molecule has 26 heavy (non-hydrogen) atoms. The van der Waals surface area contributed by atoms with E-state index >= 15 is 0 Å². The van der Waals surface area contributed by atoms with Gasteiger partial charge in [-0.15, -0.1) is 0 Å². The maximum absolute atomic E-state index is 12.8. The van der Waals surface area contributed by atoms with Crippen molar-refractivity contribution in [3.8, 4) is 0 Å². The molecule has 0 aliphatic carbocycles. The summed E-state index contributed by atoms with van der Waals surface area (Å²) in [5.74, 6) is -0.876. The Kier molecular flexibility index (Phi) is 6.96. The average molecular weight is 352 g/mol. The summed E-state index contributed by atoms with van der Waals surface area (Å²) in [6.45, 7) is 8.33. The minimum Gasteiger partial charge on any atom is -0.341 e. The summed E-state index contributed by atoms with van der Waals surface area (Å²) >= 11 is 0. The SMILES string of the molecule is CC(C)[C@H](NC(=O)C(=O)N(Cc1ccccc1)C(C)C)c1ccccc1. The van der Waals surface area contributed by atoms with Crippen molar-refractivity contribution in [2.24, 2.45) is 5.92 Å². The first kappa shape index (κ1) is 19.7. The van der Waals surface area contributed by atoms with Crippen LogP contribution in [0.5, 0.6) is 0 Å². The van der Waals surface area contributed by atoms with E-state index in [9.17, 15) is 9.59 Å². The summed E-state index contributed by atoms with van der Waals surface area (Å²) in [5, 5.41) is 2.92. The number of hydrogen-bond acceptors (Lipinski definition) is 2. The van der Waals surface area contributed by atoms with E-state index in [0.717, 1.165) is 11.1 Å². The van der Waals surface area contributed by atoms with Crippen LogP contribution in [0.1, 0.15) is 44.9 Å². The van der Waals surface area contributed by atoms with Crippen LogP contribution in [0.15, 0.2) is 60.7 Å². The fourth-order valence-corrected chi connectivity index (χ4v) is 2.90. The van der Waals surface area contributed by atoms with E-state index in [2.05, 4.69) is 5.32 Å². The molecule has 2 aromatic carbocycles. The lowest BCUT2D eigenvalue weighted by Crippen LogP contribution is -2.47. The zero-order valence-electron chi connectivity index (χ0n) is 16.0. The second-order valence-corrected chi connectivity index (χ2v) is 7.12. The molecule has 4 heteroatoms. The van der Waals surface area contributed by atoms with Crippen LogP contribution in [0.4, 0.5) is 0 Å².